The van der Waals surface area contributed by atoms with Crippen LogP contribution in [0.2, 0.25) is 0 Å². The lowest BCUT2D eigenvalue weighted by molar-refractivity contribution is -0.135. The van der Waals surface area contributed by atoms with Gasteiger partial charge in [-0.3, -0.25) is 14.5 Å². The highest BCUT2D eigenvalue weighted by Crippen LogP contribution is 2.40. The summed E-state index contributed by atoms with van der Waals surface area (Å²) in [4.78, 5) is 29.4. The smallest absolute Gasteiger partial charge is 0.248 e. The fourth-order valence-corrected chi connectivity index (χ4v) is 4.57. The summed E-state index contributed by atoms with van der Waals surface area (Å²) in [6, 6.07) is 3.14. The maximum Gasteiger partial charge on any atom is 0.248 e. The summed E-state index contributed by atoms with van der Waals surface area (Å²) in [7, 11) is 4.82. The van der Waals surface area contributed by atoms with Gasteiger partial charge in [-0.05, 0) is 13.0 Å². The van der Waals surface area contributed by atoms with Crippen LogP contribution in [-0.4, -0.2) is 86.2 Å². The van der Waals surface area contributed by atoms with Gasteiger partial charge in [0, 0.05) is 56.6 Å². The minimum Gasteiger partial charge on any atom is -0.493 e. The van der Waals surface area contributed by atoms with Gasteiger partial charge in [-0.1, -0.05) is 6.07 Å². The molecule has 0 bridgehead atoms. The first-order valence-electron chi connectivity index (χ1n) is 10.8. The van der Waals surface area contributed by atoms with E-state index in [1.54, 1.807) is 26.3 Å². The van der Waals surface area contributed by atoms with E-state index in [1.165, 1.54) is 0 Å². The molecule has 0 radical (unpaired) electrons. The van der Waals surface area contributed by atoms with Crippen molar-refractivity contribution in [2.45, 2.75) is 32.0 Å². The Morgan fingerprint density at radius 1 is 1.06 bits per heavy atom. The van der Waals surface area contributed by atoms with Gasteiger partial charge in [-0.15, -0.1) is 0 Å². The number of hydrogen-bond donors (Lipinski definition) is 2. The van der Waals surface area contributed by atoms with Crippen LogP contribution >= 0.6 is 0 Å². The molecule has 2 amide bonds. The summed E-state index contributed by atoms with van der Waals surface area (Å²) in [5.41, 5.74) is 4.97. The number of fused-ring (bicyclic) bond motifs is 1. The van der Waals surface area contributed by atoms with Crippen LogP contribution in [0.1, 0.15) is 18.9 Å². The third-order valence-corrected chi connectivity index (χ3v) is 6.22. The van der Waals surface area contributed by atoms with E-state index >= 15 is 0 Å². The van der Waals surface area contributed by atoms with E-state index < -0.39 is 0 Å². The van der Waals surface area contributed by atoms with Crippen molar-refractivity contribution in [2.24, 2.45) is 0 Å². The first-order chi connectivity index (χ1) is 15.4. The van der Waals surface area contributed by atoms with E-state index in [0.29, 0.717) is 43.3 Å². The largest absolute Gasteiger partial charge is 0.493 e. The van der Waals surface area contributed by atoms with Crippen molar-refractivity contribution in [3.8, 4) is 17.2 Å². The lowest BCUT2D eigenvalue weighted by atomic mass is 10.1. The zero-order valence-corrected chi connectivity index (χ0v) is 19.0. The molecule has 3 aliphatic heterocycles. The van der Waals surface area contributed by atoms with Gasteiger partial charge in [0.25, 0.3) is 0 Å². The van der Waals surface area contributed by atoms with Gasteiger partial charge in [-0.25, -0.2) is 5.43 Å². The Hall–Kier alpha value is -2.98. The highest BCUT2D eigenvalue weighted by atomic mass is 16.5. The number of nitrogens with zero attached hydrogens (tertiary/aromatic N) is 3. The third-order valence-electron chi connectivity index (χ3n) is 6.22. The Morgan fingerprint density at radius 2 is 1.78 bits per heavy atom. The molecule has 10 nitrogen and oxygen atoms in total. The van der Waals surface area contributed by atoms with Crippen molar-refractivity contribution in [2.75, 3.05) is 47.5 Å². The van der Waals surface area contributed by atoms with Gasteiger partial charge in [0.05, 0.1) is 21.3 Å². The number of carbonyl (C=O) groups excluding carboxylic acids is 2. The van der Waals surface area contributed by atoms with Crippen LogP contribution in [0.15, 0.2) is 24.0 Å². The molecule has 2 N–H and O–H groups in total. The molecule has 1 aromatic carbocycles. The van der Waals surface area contributed by atoms with Gasteiger partial charge in [-0.2, -0.15) is 0 Å². The molecule has 0 saturated carbocycles. The molecule has 2 saturated heterocycles. The van der Waals surface area contributed by atoms with Crippen LogP contribution in [0.5, 0.6) is 17.2 Å². The van der Waals surface area contributed by atoms with Crippen molar-refractivity contribution in [3.05, 3.63) is 29.6 Å². The van der Waals surface area contributed by atoms with E-state index in [-0.39, 0.29) is 23.9 Å². The molecule has 0 aromatic heterocycles. The van der Waals surface area contributed by atoms with Gasteiger partial charge in [0.15, 0.2) is 11.5 Å². The Kier molecular flexibility index (Phi) is 6.43. The van der Waals surface area contributed by atoms with Crippen molar-refractivity contribution in [1.29, 1.82) is 0 Å². The molecular weight excluding hydrogens is 414 g/mol. The summed E-state index contributed by atoms with van der Waals surface area (Å²) >= 11 is 0. The van der Waals surface area contributed by atoms with E-state index in [2.05, 4.69) is 15.6 Å². The van der Waals surface area contributed by atoms with Crippen LogP contribution < -0.4 is 25.0 Å². The maximum atomic E-state index is 13.1. The van der Waals surface area contributed by atoms with Crippen LogP contribution in [0.4, 0.5) is 0 Å². The molecule has 1 aromatic rings. The molecule has 2 fully saturated rings. The summed E-state index contributed by atoms with van der Waals surface area (Å²) in [5, 5.41) is 4.59. The SMILES string of the molecule is COc1ccc(CN2CCN(C(=O)C3CC4C(=O)NC(C)=CN4N3)CC2)c(OC)c1OC. The second-order valence-electron chi connectivity index (χ2n) is 8.24. The van der Waals surface area contributed by atoms with Crippen molar-refractivity contribution in [3.63, 3.8) is 0 Å². The highest BCUT2D eigenvalue weighted by Gasteiger charge is 2.42. The average Bonchev–Trinajstić information content (AvgIpc) is 3.23. The molecule has 174 valence electrons. The van der Waals surface area contributed by atoms with E-state index in [0.717, 1.165) is 24.4 Å². The van der Waals surface area contributed by atoms with Crippen LogP contribution in [0.3, 0.4) is 0 Å². The topological polar surface area (TPSA) is 95.6 Å². The fraction of sp³-hybridized carbons (Fsp3) is 0.545. The lowest BCUT2D eigenvalue weighted by Gasteiger charge is -2.36. The molecule has 32 heavy (non-hydrogen) atoms. The van der Waals surface area contributed by atoms with Crippen LogP contribution in [0, 0.1) is 0 Å². The normalized spacial score (nSPS) is 23.4. The molecule has 3 aliphatic rings. The molecule has 10 heteroatoms. The fourth-order valence-electron chi connectivity index (χ4n) is 4.57. The predicted octanol–water partition coefficient (Wildman–Crippen LogP) is 0.295. The maximum absolute atomic E-state index is 13.1. The number of piperazine rings is 1. The zero-order valence-electron chi connectivity index (χ0n) is 19.0. The Balaban J connectivity index is 1.35. The minimum atomic E-state index is -0.384. The van der Waals surface area contributed by atoms with Crippen molar-refractivity contribution >= 4 is 11.8 Å². The summed E-state index contributed by atoms with van der Waals surface area (Å²) in [6.07, 6.45) is 2.31. The monoisotopic (exact) mass is 445 g/mol. The third kappa shape index (κ3) is 4.20. The van der Waals surface area contributed by atoms with E-state index in [1.807, 2.05) is 30.2 Å². The van der Waals surface area contributed by atoms with Gasteiger partial charge in [0.2, 0.25) is 17.6 Å². The summed E-state index contributed by atoms with van der Waals surface area (Å²) < 4.78 is 16.4. The second kappa shape index (κ2) is 9.25. The number of methoxy groups -OCH3 is 3. The standard InChI is InChI=1S/C22H31N5O5/c1-14-12-27-17(21(28)23-14)11-16(24-27)22(29)26-9-7-25(8-10-26)13-15-5-6-18(30-2)20(32-4)19(15)31-3/h5-6,12,16-17,24H,7-11,13H2,1-4H3,(H,23,28). The molecule has 3 heterocycles. The number of allylic oxidation sites excluding steroid dienone is 1. The number of amides is 2. The number of nitrogens with one attached hydrogen (secondary N) is 2. The minimum absolute atomic E-state index is 0.0431. The number of hydrogen-bond acceptors (Lipinski definition) is 8. The Morgan fingerprint density at radius 3 is 2.44 bits per heavy atom. The molecule has 0 spiro atoms. The van der Waals surface area contributed by atoms with Gasteiger partial charge < -0.3 is 29.4 Å². The summed E-state index contributed by atoms with van der Waals surface area (Å²) in [6.45, 7) is 5.30. The Labute approximate surface area is 188 Å². The molecule has 4 rings (SSSR count). The van der Waals surface area contributed by atoms with Gasteiger partial charge >= 0.3 is 0 Å². The van der Waals surface area contributed by atoms with E-state index in [4.69, 9.17) is 14.2 Å². The number of hydrazine groups is 1. The van der Waals surface area contributed by atoms with Gasteiger partial charge in [0.1, 0.15) is 12.1 Å². The molecule has 2 atom stereocenters. The first kappa shape index (κ1) is 22.2. The quantitative estimate of drug-likeness (QED) is 0.646. The lowest BCUT2D eigenvalue weighted by Crippen LogP contribution is -2.53. The van der Waals surface area contributed by atoms with Crippen molar-refractivity contribution in [1.82, 2.24) is 25.6 Å². The molecule has 2 unspecified atom stereocenters. The highest BCUT2D eigenvalue weighted by molar-refractivity contribution is 5.88. The second-order valence-corrected chi connectivity index (χ2v) is 8.24. The van der Waals surface area contributed by atoms with Crippen LogP contribution in [-0.2, 0) is 16.1 Å². The predicted molar refractivity (Wildman–Crippen MR) is 117 cm³/mol. The Bertz CT molecular complexity index is 912. The number of ether oxygens (including phenoxy) is 3. The zero-order chi connectivity index (χ0) is 22.8. The number of benzene rings is 1. The summed E-state index contributed by atoms with van der Waals surface area (Å²) in [5.74, 6) is 1.85. The first-order valence-corrected chi connectivity index (χ1v) is 10.8. The van der Waals surface area contributed by atoms with E-state index in [9.17, 15) is 9.59 Å². The average molecular weight is 446 g/mol. The molecule has 0 aliphatic carbocycles. The van der Waals surface area contributed by atoms with Crippen LogP contribution in [0.25, 0.3) is 0 Å². The number of rotatable bonds is 6. The number of carbonyl (C=O) groups is 2. The molecular formula is C22H31N5O5. The van der Waals surface area contributed by atoms with Crippen molar-refractivity contribution < 1.29 is 23.8 Å².